The third-order valence-electron chi connectivity index (χ3n) is 2.72. The van der Waals surface area contributed by atoms with E-state index in [2.05, 4.69) is 5.32 Å². The van der Waals surface area contributed by atoms with Crippen LogP contribution in [0.5, 0.6) is 0 Å². The highest BCUT2D eigenvalue weighted by Gasteiger charge is 2.14. The van der Waals surface area contributed by atoms with Crippen molar-refractivity contribution in [2.45, 2.75) is 32.2 Å². The highest BCUT2D eigenvalue weighted by Crippen LogP contribution is 2.12. The van der Waals surface area contributed by atoms with Gasteiger partial charge in [-0.15, -0.1) is 0 Å². The lowest BCUT2D eigenvalue weighted by Gasteiger charge is -2.09. The first-order valence-corrected chi connectivity index (χ1v) is 5.97. The van der Waals surface area contributed by atoms with Gasteiger partial charge in [-0.3, -0.25) is 14.9 Å². The van der Waals surface area contributed by atoms with Gasteiger partial charge in [0.1, 0.15) is 0 Å². The molecule has 0 saturated carbocycles. The number of nitrogen functional groups attached to an aromatic ring is 1. The maximum Gasteiger partial charge on any atom is 0.243 e. The van der Waals surface area contributed by atoms with Crippen LogP contribution in [0.3, 0.4) is 0 Å². The predicted molar refractivity (Wildman–Crippen MR) is 70.6 cm³/mol. The number of para-hydroxylation sites is 1. The van der Waals surface area contributed by atoms with Gasteiger partial charge in [0, 0.05) is 12.1 Å². The van der Waals surface area contributed by atoms with E-state index in [1.54, 1.807) is 13.0 Å². The first-order valence-electron chi connectivity index (χ1n) is 5.97. The van der Waals surface area contributed by atoms with E-state index in [4.69, 9.17) is 11.5 Å². The Labute approximate surface area is 107 Å². The molecule has 0 spiro atoms. The number of rotatable bonds is 5. The average molecular weight is 249 g/mol. The summed E-state index contributed by atoms with van der Waals surface area (Å²) >= 11 is 0. The van der Waals surface area contributed by atoms with Gasteiger partial charge in [-0.25, -0.2) is 0 Å². The Bertz CT molecular complexity index is 432. The summed E-state index contributed by atoms with van der Waals surface area (Å²) in [6.07, 6.45) is 1.23. The third kappa shape index (κ3) is 4.18. The molecule has 1 aromatic carbocycles. The second kappa shape index (κ2) is 6.76. The van der Waals surface area contributed by atoms with Crippen LogP contribution in [0.2, 0.25) is 0 Å². The molecule has 18 heavy (non-hydrogen) atoms. The predicted octanol–water partition coefficient (Wildman–Crippen LogP) is 0.581. The molecule has 1 rings (SSSR count). The zero-order chi connectivity index (χ0) is 13.5. The maximum atomic E-state index is 11.5. The largest absolute Gasteiger partial charge is 0.399 e. The van der Waals surface area contributed by atoms with Gasteiger partial charge in [0.25, 0.3) is 0 Å². The first-order chi connectivity index (χ1) is 8.54. The zero-order valence-electron chi connectivity index (χ0n) is 10.5. The molecule has 98 valence electrons. The zero-order valence-corrected chi connectivity index (χ0v) is 10.5. The molecular weight excluding hydrogens is 230 g/mol. The molecule has 0 heterocycles. The summed E-state index contributed by atoms with van der Waals surface area (Å²) in [5.74, 6) is -0.754. The van der Waals surface area contributed by atoms with E-state index in [1.165, 1.54) is 0 Å². The summed E-state index contributed by atoms with van der Waals surface area (Å²) in [4.78, 5) is 22.9. The average Bonchev–Trinajstić information content (AvgIpc) is 2.36. The van der Waals surface area contributed by atoms with Gasteiger partial charge in [0.2, 0.25) is 11.8 Å². The van der Waals surface area contributed by atoms with E-state index < -0.39 is 11.9 Å². The minimum Gasteiger partial charge on any atom is -0.399 e. The molecule has 5 heteroatoms. The molecule has 1 aromatic rings. The fourth-order valence-electron chi connectivity index (χ4n) is 1.49. The van der Waals surface area contributed by atoms with Crippen molar-refractivity contribution in [2.24, 2.45) is 5.73 Å². The Hall–Kier alpha value is -1.88. The summed E-state index contributed by atoms with van der Waals surface area (Å²) in [5, 5.41) is 2.28. The number of amides is 2. The summed E-state index contributed by atoms with van der Waals surface area (Å²) < 4.78 is 0. The molecule has 0 aromatic heterocycles. The Balaban J connectivity index is 2.43. The molecule has 0 aliphatic heterocycles. The molecule has 2 amide bonds. The van der Waals surface area contributed by atoms with E-state index in [-0.39, 0.29) is 12.3 Å². The lowest BCUT2D eigenvalue weighted by atomic mass is 10.1. The number of nitrogens with one attached hydrogen (secondary N) is 1. The normalized spacial score (nSPS) is 11.9. The summed E-state index contributed by atoms with van der Waals surface area (Å²) in [7, 11) is 0. The Morgan fingerprint density at radius 2 is 2.00 bits per heavy atom. The van der Waals surface area contributed by atoms with Crippen LogP contribution in [-0.4, -0.2) is 17.9 Å². The van der Waals surface area contributed by atoms with Gasteiger partial charge in [-0.05, 0) is 24.5 Å². The molecule has 5 nitrogen and oxygen atoms in total. The molecule has 0 saturated heterocycles. The smallest absolute Gasteiger partial charge is 0.243 e. The fourth-order valence-corrected chi connectivity index (χ4v) is 1.49. The summed E-state index contributed by atoms with van der Waals surface area (Å²) in [6.45, 7) is 1.79. The lowest BCUT2D eigenvalue weighted by Crippen LogP contribution is -2.43. The number of carbonyl (C=O) groups is 2. The summed E-state index contributed by atoms with van der Waals surface area (Å²) in [5.41, 5.74) is 12.8. The SMILES string of the molecule is CC[C@H](N)C(=O)NC(=O)CCc1ccccc1N. The van der Waals surface area contributed by atoms with Gasteiger partial charge in [0.05, 0.1) is 6.04 Å². The van der Waals surface area contributed by atoms with Crippen LogP contribution in [0.1, 0.15) is 25.3 Å². The number of anilines is 1. The minimum absolute atomic E-state index is 0.219. The number of aryl methyl sites for hydroxylation is 1. The second-order valence-corrected chi connectivity index (χ2v) is 4.13. The topological polar surface area (TPSA) is 98.2 Å². The van der Waals surface area contributed by atoms with Crippen molar-refractivity contribution in [3.8, 4) is 0 Å². The van der Waals surface area contributed by atoms with Crippen molar-refractivity contribution in [1.82, 2.24) is 5.32 Å². The van der Waals surface area contributed by atoms with Crippen molar-refractivity contribution in [3.63, 3.8) is 0 Å². The van der Waals surface area contributed by atoms with Crippen LogP contribution in [-0.2, 0) is 16.0 Å². The molecular formula is C13H19N3O2. The van der Waals surface area contributed by atoms with Gasteiger partial charge >= 0.3 is 0 Å². The number of carbonyl (C=O) groups excluding carboxylic acids is 2. The van der Waals surface area contributed by atoms with Gasteiger partial charge < -0.3 is 11.5 Å². The van der Waals surface area contributed by atoms with E-state index >= 15 is 0 Å². The minimum atomic E-state index is -0.629. The molecule has 0 aliphatic carbocycles. The van der Waals surface area contributed by atoms with Gasteiger partial charge in [0.15, 0.2) is 0 Å². The van der Waals surface area contributed by atoms with E-state index in [1.807, 2.05) is 18.2 Å². The molecule has 0 aliphatic rings. The first kappa shape index (κ1) is 14.2. The van der Waals surface area contributed by atoms with Gasteiger partial charge in [-0.1, -0.05) is 25.1 Å². The van der Waals surface area contributed by atoms with Crippen molar-refractivity contribution in [2.75, 3.05) is 5.73 Å². The molecule has 0 unspecified atom stereocenters. The van der Waals surface area contributed by atoms with Crippen molar-refractivity contribution in [3.05, 3.63) is 29.8 Å². The highest BCUT2D eigenvalue weighted by atomic mass is 16.2. The van der Waals surface area contributed by atoms with Crippen LogP contribution in [0, 0.1) is 0 Å². The van der Waals surface area contributed by atoms with Crippen molar-refractivity contribution < 1.29 is 9.59 Å². The highest BCUT2D eigenvalue weighted by molar-refractivity contribution is 5.97. The molecule has 0 bridgehead atoms. The van der Waals surface area contributed by atoms with Crippen LogP contribution in [0.15, 0.2) is 24.3 Å². The summed E-state index contributed by atoms with van der Waals surface area (Å²) in [6, 6.07) is 6.72. The molecule has 1 atom stereocenters. The Morgan fingerprint density at radius 3 is 2.61 bits per heavy atom. The van der Waals surface area contributed by atoms with Crippen LogP contribution >= 0.6 is 0 Å². The van der Waals surface area contributed by atoms with E-state index in [9.17, 15) is 9.59 Å². The number of nitrogens with two attached hydrogens (primary N) is 2. The van der Waals surface area contributed by atoms with Crippen molar-refractivity contribution in [1.29, 1.82) is 0 Å². The lowest BCUT2D eigenvalue weighted by molar-refractivity contribution is -0.131. The number of benzene rings is 1. The number of imide groups is 1. The van der Waals surface area contributed by atoms with Crippen molar-refractivity contribution >= 4 is 17.5 Å². The molecule has 0 fully saturated rings. The van der Waals surface area contributed by atoms with Crippen LogP contribution in [0.25, 0.3) is 0 Å². The van der Waals surface area contributed by atoms with E-state index in [0.29, 0.717) is 18.5 Å². The van der Waals surface area contributed by atoms with Crippen LogP contribution in [0.4, 0.5) is 5.69 Å². The van der Waals surface area contributed by atoms with Crippen LogP contribution < -0.4 is 16.8 Å². The van der Waals surface area contributed by atoms with Gasteiger partial charge in [-0.2, -0.15) is 0 Å². The fraction of sp³-hybridized carbons (Fsp3) is 0.385. The quantitative estimate of drug-likeness (QED) is 0.665. The molecule has 0 radical (unpaired) electrons. The molecule has 5 N–H and O–H groups in total. The second-order valence-electron chi connectivity index (χ2n) is 4.13. The Morgan fingerprint density at radius 1 is 1.33 bits per heavy atom. The number of hydrogen-bond acceptors (Lipinski definition) is 4. The monoisotopic (exact) mass is 249 g/mol. The maximum absolute atomic E-state index is 11.5. The van der Waals surface area contributed by atoms with E-state index in [0.717, 1.165) is 5.56 Å². The third-order valence-corrected chi connectivity index (χ3v) is 2.72. The number of hydrogen-bond donors (Lipinski definition) is 3. The Kier molecular flexibility index (Phi) is 5.32. The standard InChI is InChI=1S/C13H19N3O2/c1-2-10(14)13(18)16-12(17)8-7-9-5-3-4-6-11(9)15/h3-6,10H,2,7-8,14-15H2,1H3,(H,16,17,18)/t10-/m0/s1.